The minimum atomic E-state index is 0.181. The topological polar surface area (TPSA) is 26.0 Å². The smallest absolute Gasteiger partial charge is 0.0435 e. The molecule has 2 unspecified atom stereocenters. The third-order valence-electron chi connectivity index (χ3n) is 4.12. The summed E-state index contributed by atoms with van der Waals surface area (Å²) in [5.41, 5.74) is 11.4. The molecule has 1 nitrogen and oxygen atoms in total. The van der Waals surface area contributed by atoms with Gasteiger partial charge in [0.25, 0.3) is 0 Å². The molecule has 1 aliphatic carbocycles. The molecule has 0 radical (unpaired) electrons. The summed E-state index contributed by atoms with van der Waals surface area (Å²) < 4.78 is 0. The van der Waals surface area contributed by atoms with Gasteiger partial charge in [0.2, 0.25) is 0 Å². The van der Waals surface area contributed by atoms with Crippen molar-refractivity contribution in [1.82, 2.24) is 0 Å². The maximum Gasteiger partial charge on any atom is 0.0435 e. The molecule has 1 aliphatic rings. The highest BCUT2D eigenvalue weighted by Gasteiger charge is 2.25. The molecule has 2 aromatic rings. The Hall–Kier alpha value is -1.31. The molecule has 0 spiro atoms. The molecule has 2 aromatic carbocycles. The second kappa shape index (κ2) is 4.99. The van der Waals surface area contributed by atoms with E-state index in [1.807, 2.05) is 6.07 Å². The highest BCUT2D eigenvalue weighted by molar-refractivity contribution is 6.31. The molecule has 0 saturated heterocycles. The number of benzene rings is 2. The summed E-state index contributed by atoms with van der Waals surface area (Å²) in [4.78, 5) is 0. The molecular formula is C17H18ClN. The molecule has 0 amide bonds. The molecule has 2 heteroatoms. The monoisotopic (exact) mass is 271 g/mol. The van der Waals surface area contributed by atoms with Crippen LogP contribution in [0.1, 0.15) is 47.1 Å². The Bertz CT molecular complexity index is 606. The highest BCUT2D eigenvalue weighted by Crippen LogP contribution is 2.40. The van der Waals surface area contributed by atoms with E-state index < -0.39 is 0 Å². The molecule has 19 heavy (non-hydrogen) atoms. The average molecular weight is 272 g/mol. The fourth-order valence-corrected chi connectivity index (χ4v) is 3.17. The van der Waals surface area contributed by atoms with E-state index in [0.717, 1.165) is 23.4 Å². The van der Waals surface area contributed by atoms with Gasteiger partial charge < -0.3 is 5.73 Å². The van der Waals surface area contributed by atoms with Crippen LogP contribution >= 0.6 is 11.6 Å². The van der Waals surface area contributed by atoms with Crippen molar-refractivity contribution in [1.29, 1.82) is 0 Å². The molecule has 98 valence electrons. The third-order valence-corrected chi connectivity index (χ3v) is 4.55. The van der Waals surface area contributed by atoms with E-state index in [-0.39, 0.29) is 6.04 Å². The van der Waals surface area contributed by atoms with E-state index in [1.165, 1.54) is 16.7 Å². The Kier molecular flexibility index (Phi) is 3.34. The molecule has 0 heterocycles. The Morgan fingerprint density at radius 2 is 1.79 bits per heavy atom. The van der Waals surface area contributed by atoms with E-state index in [1.54, 1.807) is 0 Å². The molecule has 0 fully saturated rings. The fourth-order valence-electron chi connectivity index (χ4n) is 3.05. The standard InChI is InChI=1S/C17H18ClN/c1-11-10-12(6-8-16(11)18)13-7-9-17(19)15-5-3-2-4-14(13)15/h2-6,8,10,13,17H,7,9,19H2,1H3. The van der Waals surface area contributed by atoms with Crippen molar-refractivity contribution in [2.45, 2.75) is 31.7 Å². The van der Waals surface area contributed by atoms with Crippen molar-refractivity contribution in [2.75, 3.05) is 0 Å². The maximum atomic E-state index is 6.22. The van der Waals surface area contributed by atoms with Gasteiger partial charge in [0.15, 0.2) is 0 Å². The van der Waals surface area contributed by atoms with Crippen LogP contribution in [0, 0.1) is 6.92 Å². The Balaban J connectivity index is 2.07. The number of halogens is 1. The summed E-state index contributed by atoms with van der Waals surface area (Å²) >= 11 is 6.12. The predicted molar refractivity (Wildman–Crippen MR) is 80.6 cm³/mol. The first kappa shape index (κ1) is 12.7. The first-order valence-electron chi connectivity index (χ1n) is 6.77. The van der Waals surface area contributed by atoms with Gasteiger partial charge in [0.1, 0.15) is 0 Å². The van der Waals surface area contributed by atoms with Crippen LogP contribution in [0.25, 0.3) is 0 Å². The Morgan fingerprint density at radius 1 is 1.05 bits per heavy atom. The van der Waals surface area contributed by atoms with Gasteiger partial charge in [-0.25, -0.2) is 0 Å². The summed E-state index contributed by atoms with van der Waals surface area (Å²) in [5, 5.41) is 0.838. The van der Waals surface area contributed by atoms with Crippen molar-refractivity contribution in [3.63, 3.8) is 0 Å². The summed E-state index contributed by atoms with van der Waals surface area (Å²) in [7, 11) is 0. The quantitative estimate of drug-likeness (QED) is 0.808. The van der Waals surface area contributed by atoms with Crippen LogP contribution < -0.4 is 5.73 Å². The fraction of sp³-hybridized carbons (Fsp3) is 0.294. The van der Waals surface area contributed by atoms with Crippen molar-refractivity contribution in [2.24, 2.45) is 5.73 Å². The number of fused-ring (bicyclic) bond motifs is 1. The van der Waals surface area contributed by atoms with Crippen LogP contribution in [0.15, 0.2) is 42.5 Å². The summed E-state index contributed by atoms with van der Waals surface area (Å²) in [6.45, 7) is 2.06. The van der Waals surface area contributed by atoms with Crippen LogP contribution in [-0.2, 0) is 0 Å². The lowest BCUT2D eigenvalue weighted by molar-refractivity contribution is 0.530. The van der Waals surface area contributed by atoms with E-state index in [4.69, 9.17) is 17.3 Å². The molecule has 2 N–H and O–H groups in total. The van der Waals surface area contributed by atoms with Gasteiger partial charge in [-0.2, -0.15) is 0 Å². The normalized spacial score (nSPS) is 22.1. The number of rotatable bonds is 1. The minimum Gasteiger partial charge on any atom is -0.324 e. The average Bonchev–Trinajstić information content (AvgIpc) is 2.43. The number of hydrogen-bond donors (Lipinski definition) is 1. The second-order valence-corrected chi connectivity index (χ2v) is 5.78. The van der Waals surface area contributed by atoms with Crippen LogP contribution in [0.2, 0.25) is 5.02 Å². The molecule has 0 aliphatic heterocycles. The largest absolute Gasteiger partial charge is 0.324 e. The molecule has 0 saturated carbocycles. The Morgan fingerprint density at radius 3 is 2.53 bits per heavy atom. The van der Waals surface area contributed by atoms with Crippen molar-refractivity contribution in [3.05, 3.63) is 69.7 Å². The first-order chi connectivity index (χ1) is 9.16. The molecule has 2 atom stereocenters. The lowest BCUT2D eigenvalue weighted by Gasteiger charge is -2.30. The SMILES string of the molecule is Cc1cc(C2CCC(N)c3ccccc32)ccc1Cl. The van der Waals surface area contributed by atoms with E-state index in [0.29, 0.717) is 5.92 Å². The van der Waals surface area contributed by atoms with Crippen molar-refractivity contribution >= 4 is 11.6 Å². The zero-order chi connectivity index (χ0) is 13.4. The van der Waals surface area contributed by atoms with Gasteiger partial charge in [-0.05, 0) is 48.1 Å². The van der Waals surface area contributed by atoms with E-state index in [2.05, 4.69) is 43.3 Å². The van der Waals surface area contributed by atoms with Crippen LogP contribution in [0.5, 0.6) is 0 Å². The zero-order valence-corrected chi connectivity index (χ0v) is 11.8. The lowest BCUT2D eigenvalue weighted by atomic mass is 9.77. The minimum absolute atomic E-state index is 0.181. The van der Waals surface area contributed by atoms with Gasteiger partial charge >= 0.3 is 0 Å². The summed E-state index contributed by atoms with van der Waals surface area (Å²) in [6, 6.07) is 15.1. The number of hydrogen-bond acceptors (Lipinski definition) is 1. The third kappa shape index (κ3) is 2.29. The van der Waals surface area contributed by atoms with E-state index >= 15 is 0 Å². The molecule has 3 rings (SSSR count). The van der Waals surface area contributed by atoms with Gasteiger partial charge in [0.05, 0.1) is 0 Å². The molecule has 0 bridgehead atoms. The van der Waals surface area contributed by atoms with Crippen LogP contribution in [-0.4, -0.2) is 0 Å². The summed E-state index contributed by atoms with van der Waals surface area (Å²) in [5.74, 6) is 0.451. The molecule has 0 aromatic heterocycles. The number of nitrogens with two attached hydrogens (primary N) is 1. The lowest BCUT2D eigenvalue weighted by Crippen LogP contribution is -2.21. The van der Waals surface area contributed by atoms with Gasteiger partial charge in [0, 0.05) is 17.0 Å². The van der Waals surface area contributed by atoms with Gasteiger partial charge in [-0.3, -0.25) is 0 Å². The van der Waals surface area contributed by atoms with Crippen LogP contribution in [0.3, 0.4) is 0 Å². The zero-order valence-electron chi connectivity index (χ0n) is 11.1. The van der Waals surface area contributed by atoms with Gasteiger partial charge in [-0.1, -0.05) is 48.0 Å². The predicted octanol–water partition coefficient (Wildman–Crippen LogP) is 4.57. The van der Waals surface area contributed by atoms with Gasteiger partial charge in [-0.15, -0.1) is 0 Å². The van der Waals surface area contributed by atoms with Crippen molar-refractivity contribution < 1.29 is 0 Å². The molecular weight excluding hydrogens is 254 g/mol. The van der Waals surface area contributed by atoms with E-state index in [9.17, 15) is 0 Å². The maximum absolute atomic E-state index is 6.22. The highest BCUT2D eigenvalue weighted by atomic mass is 35.5. The Labute approximate surface area is 119 Å². The van der Waals surface area contributed by atoms with Crippen molar-refractivity contribution in [3.8, 4) is 0 Å². The first-order valence-corrected chi connectivity index (χ1v) is 7.15. The summed E-state index contributed by atoms with van der Waals surface area (Å²) in [6.07, 6.45) is 2.16. The number of aryl methyl sites for hydroxylation is 1. The second-order valence-electron chi connectivity index (χ2n) is 5.37. The van der Waals surface area contributed by atoms with Crippen LogP contribution in [0.4, 0.5) is 0 Å².